The summed E-state index contributed by atoms with van der Waals surface area (Å²) in [5, 5.41) is 4.59. The molecule has 0 bridgehead atoms. The number of methoxy groups -OCH3 is 2. The first-order valence-corrected chi connectivity index (χ1v) is 11.8. The molecule has 36 heavy (non-hydrogen) atoms. The molecule has 0 fully saturated rings. The van der Waals surface area contributed by atoms with E-state index in [2.05, 4.69) is 10.3 Å². The Balaban J connectivity index is 1.50. The van der Waals surface area contributed by atoms with Crippen LogP contribution in [0.25, 0.3) is 22.6 Å². The van der Waals surface area contributed by atoms with Crippen LogP contribution in [-0.4, -0.2) is 37.9 Å². The van der Waals surface area contributed by atoms with Crippen molar-refractivity contribution in [3.8, 4) is 5.75 Å². The molecule has 0 aliphatic heterocycles. The molecule has 1 amide bonds. The molecular weight excluding hydrogens is 476 g/mol. The van der Waals surface area contributed by atoms with Gasteiger partial charge in [0.1, 0.15) is 12.4 Å². The van der Waals surface area contributed by atoms with Crippen molar-refractivity contribution in [3.63, 3.8) is 0 Å². The summed E-state index contributed by atoms with van der Waals surface area (Å²) in [4.78, 5) is 17.7. The van der Waals surface area contributed by atoms with E-state index in [4.69, 9.17) is 25.8 Å². The molecule has 0 saturated carbocycles. The lowest BCUT2D eigenvalue weighted by Crippen LogP contribution is -2.34. The van der Waals surface area contributed by atoms with Crippen molar-refractivity contribution in [2.24, 2.45) is 0 Å². The van der Waals surface area contributed by atoms with E-state index >= 15 is 0 Å². The van der Waals surface area contributed by atoms with Gasteiger partial charge < -0.3 is 19.5 Å². The average Bonchev–Trinajstić information content (AvgIpc) is 2.92. The van der Waals surface area contributed by atoms with Gasteiger partial charge in [0.2, 0.25) is 0 Å². The van der Waals surface area contributed by atoms with Gasteiger partial charge in [-0.3, -0.25) is 4.79 Å². The minimum absolute atomic E-state index is 0.212. The Kier molecular flexibility index (Phi) is 8.68. The van der Waals surface area contributed by atoms with Crippen LogP contribution in [0.2, 0.25) is 5.02 Å². The summed E-state index contributed by atoms with van der Waals surface area (Å²) in [6.45, 7) is 0.553. The lowest BCUT2D eigenvalue weighted by Gasteiger charge is -2.16. The number of hydrogen-bond acceptors (Lipinski definition) is 5. The maximum Gasteiger partial charge on any atom is 0.252 e. The molecule has 184 valence electrons. The third kappa shape index (κ3) is 6.70. The second-order valence-corrected chi connectivity index (χ2v) is 8.47. The van der Waals surface area contributed by atoms with Crippen molar-refractivity contribution < 1.29 is 19.0 Å². The molecule has 0 aliphatic rings. The first-order valence-electron chi connectivity index (χ1n) is 11.4. The zero-order valence-corrected chi connectivity index (χ0v) is 20.9. The smallest absolute Gasteiger partial charge is 0.252 e. The number of amides is 1. The van der Waals surface area contributed by atoms with E-state index in [1.54, 1.807) is 12.1 Å². The van der Waals surface area contributed by atoms with Crippen LogP contribution >= 0.6 is 11.6 Å². The van der Waals surface area contributed by atoms with Crippen molar-refractivity contribution in [1.82, 2.24) is 10.3 Å². The molecule has 7 heteroatoms. The van der Waals surface area contributed by atoms with Crippen molar-refractivity contribution in [2.45, 2.75) is 12.9 Å². The van der Waals surface area contributed by atoms with E-state index in [0.717, 1.165) is 27.7 Å². The van der Waals surface area contributed by atoms with Gasteiger partial charge in [0.15, 0.2) is 6.29 Å². The number of carbonyl (C=O) groups is 1. The van der Waals surface area contributed by atoms with Gasteiger partial charge in [0.05, 0.1) is 17.8 Å². The van der Waals surface area contributed by atoms with E-state index < -0.39 is 6.29 Å². The van der Waals surface area contributed by atoms with Gasteiger partial charge in [0, 0.05) is 30.2 Å². The number of fused-ring (bicyclic) bond motifs is 1. The minimum Gasteiger partial charge on any atom is -0.487 e. The molecule has 1 N–H and O–H groups in total. The second-order valence-electron chi connectivity index (χ2n) is 8.03. The predicted molar refractivity (Wildman–Crippen MR) is 143 cm³/mol. The van der Waals surface area contributed by atoms with Gasteiger partial charge in [-0.15, -0.1) is 0 Å². The van der Waals surface area contributed by atoms with Crippen LogP contribution in [0.3, 0.4) is 0 Å². The number of ether oxygens (including phenoxy) is 3. The lowest BCUT2D eigenvalue weighted by atomic mass is 10.0. The Labute approximate surface area is 215 Å². The van der Waals surface area contributed by atoms with Crippen molar-refractivity contribution in [1.29, 1.82) is 0 Å². The highest BCUT2D eigenvalue weighted by Crippen LogP contribution is 2.23. The van der Waals surface area contributed by atoms with Crippen molar-refractivity contribution in [3.05, 3.63) is 107 Å². The van der Waals surface area contributed by atoms with E-state index in [0.29, 0.717) is 23.0 Å². The van der Waals surface area contributed by atoms with Gasteiger partial charge in [0.25, 0.3) is 5.91 Å². The Bertz CT molecular complexity index is 1330. The highest BCUT2D eigenvalue weighted by molar-refractivity contribution is 6.30. The molecule has 0 atom stereocenters. The molecule has 0 saturated heterocycles. The highest BCUT2D eigenvalue weighted by Gasteiger charge is 2.15. The molecule has 4 rings (SSSR count). The van der Waals surface area contributed by atoms with E-state index in [1.165, 1.54) is 14.2 Å². The number of pyridine rings is 1. The number of benzene rings is 3. The first kappa shape index (κ1) is 25.4. The highest BCUT2D eigenvalue weighted by atomic mass is 35.5. The Morgan fingerprint density at radius 2 is 1.67 bits per heavy atom. The third-order valence-electron chi connectivity index (χ3n) is 5.59. The summed E-state index contributed by atoms with van der Waals surface area (Å²) in [6.07, 6.45) is 1.28. The number of rotatable bonds is 10. The Morgan fingerprint density at radius 1 is 0.944 bits per heavy atom. The number of nitrogens with one attached hydrogen (secondary N) is 1. The van der Waals surface area contributed by atoms with Crippen LogP contribution in [0, 0.1) is 0 Å². The second kappa shape index (κ2) is 12.3. The summed E-state index contributed by atoms with van der Waals surface area (Å²) >= 11 is 6.02. The van der Waals surface area contributed by atoms with Crippen LogP contribution in [0.5, 0.6) is 5.75 Å². The normalized spacial score (nSPS) is 11.6. The Morgan fingerprint density at radius 3 is 2.39 bits per heavy atom. The summed E-state index contributed by atoms with van der Waals surface area (Å²) in [7, 11) is 3.05. The number of carbonyl (C=O) groups excluding carboxylic acids is 1. The number of para-hydroxylation sites is 1. The van der Waals surface area contributed by atoms with Gasteiger partial charge >= 0.3 is 0 Å². The SMILES string of the molecule is COC(CNC(=O)C(=Cc1ccc(Cl)cc1)c1ccc(OCc2ccc3ccccc3n2)cc1)OC. The van der Waals surface area contributed by atoms with Crippen LogP contribution in [0.15, 0.2) is 84.9 Å². The summed E-state index contributed by atoms with van der Waals surface area (Å²) < 4.78 is 16.3. The molecule has 0 unspecified atom stereocenters. The van der Waals surface area contributed by atoms with E-state index in [9.17, 15) is 4.79 Å². The molecule has 0 spiro atoms. The zero-order chi connectivity index (χ0) is 25.3. The quantitative estimate of drug-likeness (QED) is 0.170. The average molecular weight is 503 g/mol. The number of aromatic nitrogens is 1. The molecule has 1 aromatic heterocycles. The van der Waals surface area contributed by atoms with Crippen LogP contribution in [-0.2, 0) is 20.9 Å². The van der Waals surface area contributed by atoms with Gasteiger partial charge in [-0.2, -0.15) is 0 Å². The number of hydrogen-bond donors (Lipinski definition) is 1. The molecule has 6 nitrogen and oxygen atoms in total. The fourth-order valence-corrected chi connectivity index (χ4v) is 3.74. The Hall–Kier alpha value is -3.71. The van der Waals surface area contributed by atoms with Crippen LogP contribution in [0.1, 0.15) is 16.8 Å². The third-order valence-corrected chi connectivity index (χ3v) is 5.84. The van der Waals surface area contributed by atoms with Crippen molar-refractivity contribution in [2.75, 3.05) is 20.8 Å². The molecular formula is C29H27ClN2O4. The van der Waals surface area contributed by atoms with E-state index in [-0.39, 0.29) is 12.5 Å². The van der Waals surface area contributed by atoms with Gasteiger partial charge in [-0.25, -0.2) is 4.98 Å². The first-order chi connectivity index (χ1) is 17.6. The van der Waals surface area contributed by atoms with Gasteiger partial charge in [-0.1, -0.05) is 60.1 Å². The summed E-state index contributed by atoms with van der Waals surface area (Å²) in [5.74, 6) is 0.428. The van der Waals surface area contributed by atoms with Gasteiger partial charge in [-0.05, 0) is 53.6 Å². The summed E-state index contributed by atoms with van der Waals surface area (Å²) in [6, 6.07) is 26.6. The maximum atomic E-state index is 13.1. The predicted octanol–water partition coefficient (Wildman–Crippen LogP) is 5.74. The summed E-state index contributed by atoms with van der Waals surface area (Å²) in [5.41, 5.74) is 3.85. The molecule has 1 heterocycles. The topological polar surface area (TPSA) is 69.7 Å². The largest absolute Gasteiger partial charge is 0.487 e. The zero-order valence-electron chi connectivity index (χ0n) is 20.1. The number of nitrogens with zero attached hydrogens (tertiary/aromatic N) is 1. The molecule has 3 aromatic carbocycles. The molecule has 0 aliphatic carbocycles. The fraction of sp³-hybridized carbons (Fsp3) is 0.172. The standard InChI is InChI=1S/C29H27ClN2O4/c1-34-28(35-2)18-31-29(33)26(17-20-7-12-23(30)13-8-20)21-10-15-25(16-11-21)36-19-24-14-9-22-5-3-4-6-27(22)32-24/h3-17,28H,18-19H2,1-2H3,(H,31,33). The molecule has 0 radical (unpaired) electrons. The molecule has 4 aromatic rings. The maximum absolute atomic E-state index is 13.1. The van der Waals surface area contributed by atoms with E-state index in [1.807, 2.05) is 78.9 Å². The lowest BCUT2D eigenvalue weighted by molar-refractivity contribution is -0.122. The van der Waals surface area contributed by atoms with Crippen LogP contribution in [0.4, 0.5) is 0 Å². The monoisotopic (exact) mass is 502 g/mol. The fourth-order valence-electron chi connectivity index (χ4n) is 3.62. The number of halogens is 1. The van der Waals surface area contributed by atoms with Crippen LogP contribution < -0.4 is 10.1 Å². The minimum atomic E-state index is -0.537. The van der Waals surface area contributed by atoms with Crippen molar-refractivity contribution >= 4 is 40.1 Å².